The fraction of sp³-hybridized carbons (Fsp3) is 0.458. The molecule has 1 aliphatic carbocycles. The lowest BCUT2D eigenvalue weighted by molar-refractivity contribution is -0.155. The van der Waals surface area contributed by atoms with E-state index in [1.165, 1.54) is 24.0 Å². The van der Waals surface area contributed by atoms with Crippen LogP contribution >= 0.6 is 0 Å². The van der Waals surface area contributed by atoms with Crippen LogP contribution in [-0.4, -0.2) is 12.1 Å². The van der Waals surface area contributed by atoms with Crippen LogP contribution in [0.15, 0.2) is 54.6 Å². The smallest absolute Gasteiger partial charge is 0.310 e. The molecule has 2 aromatic carbocycles. The van der Waals surface area contributed by atoms with Crippen molar-refractivity contribution in [2.45, 2.75) is 52.6 Å². The topological polar surface area (TPSA) is 26.3 Å². The van der Waals surface area contributed by atoms with E-state index in [1.807, 2.05) is 30.3 Å². The Morgan fingerprint density at radius 2 is 1.65 bits per heavy atom. The van der Waals surface area contributed by atoms with Crippen LogP contribution in [0, 0.1) is 17.8 Å². The Kier molecular flexibility index (Phi) is 6.13. The van der Waals surface area contributed by atoms with E-state index in [2.05, 4.69) is 45.0 Å². The van der Waals surface area contributed by atoms with Gasteiger partial charge in [0.25, 0.3) is 0 Å². The quantitative estimate of drug-likeness (QED) is 0.628. The van der Waals surface area contributed by atoms with Gasteiger partial charge in [0.1, 0.15) is 6.10 Å². The summed E-state index contributed by atoms with van der Waals surface area (Å²) < 4.78 is 5.92. The summed E-state index contributed by atoms with van der Waals surface area (Å²) in [5.41, 5.74) is 3.38. The van der Waals surface area contributed by atoms with E-state index in [0.29, 0.717) is 24.2 Å². The third kappa shape index (κ3) is 4.75. The van der Waals surface area contributed by atoms with E-state index in [1.54, 1.807) is 0 Å². The van der Waals surface area contributed by atoms with Crippen molar-refractivity contribution in [3.8, 4) is 11.1 Å². The van der Waals surface area contributed by atoms with E-state index in [-0.39, 0.29) is 12.1 Å². The van der Waals surface area contributed by atoms with Crippen LogP contribution in [0.1, 0.15) is 45.6 Å². The number of ether oxygens (including phenoxy) is 1. The van der Waals surface area contributed by atoms with Crippen molar-refractivity contribution >= 4 is 5.97 Å². The average Bonchev–Trinajstić information content (AvgIpc) is 2.63. The molecule has 1 fully saturated rings. The Labute approximate surface area is 157 Å². The lowest BCUT2D eigenvalue weighted by Gasteiger charge is -2.36. The molecule has 1 saturated carbocycles. The molecule has 0 amide bonds. The van der Waals surface area contributed by atoms with Crippen molar-refractivity contribution in [1.29, 1.82) is 0 Å². The number of rotatable bonds is 5. The van der Waals surface area contributed by atoms with Crippen LogP contribution in [0.25, 0.3) is 11.1 Å². The van der Waals surface area contributed by atoms with E-state index in [9.17, 15) is 4.79 Å². The fourth-order valence-electron chi connectivity index (χ4n) is 4.07. The highest BCUT2D eigenvalue weighted by molar-refractivity contribution is 5.73. The molecule has 3 atom stereocenters. The highest BCUT2D eigenvalue weighted by Crippen LogP contribution is 2.35. The van der Waals surface area contributed by atoms with E-state index in [4.69, 9.17) is 4.74 Å². The molecule has 2 aromatic rings. The van der Waals surface area contributed by atoms with Crippen LogP contribution in [0.2, 0.25) is 0 Å². The Balaban J connectivity index is 1.60. The Morgan fingerprint density at radius 3 is 2.31 bits per heavy atom. The molecule has 26 heavy (non-hydrogen) atoms. The molecule has 2 heteroatoms. The van der Waals surface area contributed by atoms with Crippen LogP contribution in [0.4, 0.5) is 0 Å². The summed E-state index contributed by atoms with van der Waals surface area (Å²) in [6, 6.07) is 18.5. The largest absolute Gasteiger partial charge is 0.462 e. The molecule has 138 valence electrons. The van der Waals surface area contributed by atoms with Crippen LogP contribution in [0.5, 0.6) is 0 Å². The van der Waals surface area contributed by atoms with Gasteiger partial charge in [-0.1, -0.05) is 81.8 Å². The molecule has 0 saturated heterocycles. The summed E-state index contributed by atoms with van der Waals surface area (Å²) in [7, 11) is 0. The molecule has 0 heterocycles. The van der Waals surface area contributed by atoms with Crippen LogP contribution in [-0.2, 0) is 16.0 Å². The number of benzene rings is 2. The summed E-state index contributed by atoms with van der Waals surface area (Å²) in [5, 5.41) is 0. The van der Waals surface area contributed by atoms with Crippen molar-refractivity contribution < 1.29 is 9.53 Å². The van der Waals surface area contributed by atoms with Gasteiger partial charge >= 0.3 is 5.97 Å². The Morgan fingerprint density at radius 1 is 1.00 bits per heavy atom. The maximum atomic E-state index is 12.5. The van der Waals surface area contributed by atoms with Gasteiger partial charge in [-0.05, 0) is 47.3 Å². The lowest BCUT2D eigenvalue weighted by atomic mass is 9.75. The normalized spacial score (nSPS) is 23.0. The van der Waals surface area contributed by atoms with Crippen molar-refractivity contribution in [2.24, 2.45) is 17.8 Å². The second-order valence-corrected chi connectivity index (χ2v) is 8.09. The fourth-order valence-corrected chi connectivity index (χ4v) is 4.07. The second kappa shape index (κ2) is 8.53. The van der Waals surface area contributed by atoms with Crippen molar-refractivity contribution in [1.82, 2.24) is 0 Å². The molecular weight excluding hydrogens is 320 g/mol. The summed E-state index contributed by atoms with van der Waals surface area (Å²) in [6.07, 6.45) is 3.85. The number of esters is 1. The number of carbonyl (C=O) groups excluding carboxylic acids is 1. The molecule has 0 spiro atoms. The molecule has 0 N–H and O–H groups in total. The van der Waals surface area contributed by atoms with Gasteiger partial charge in [0.2, 0.25) is 0 Å². The summed E-state index contributed by atoms with van der Waals surface area (Å²) in [6.45, 7) is 6.74. The van der Waals surface area contributed by atoms with Gasteiger partial charge in [0.15, 0.2) is 0 Å². The van der Waals surface area contributed by atoms with E-state index in [0.717, 1.165) is 12.0 Å². The first-order valence-electron chi connectivity index (χ1n) is 9.86. The molecular formula is C24H30O2. The molecule has 0 bridgehead atoms. The predicted octanol–water partition coefficient (Wildman–Crippen LogP) is 5.90. The van der Waals surface area contributed by atoms with Crippen molar-refractivity contribution in [3.63, 3.8) is 0 Å². The molecule has 3 unspecified atom stereocenters. The minimum atomic E-state index is -0.0952. The highest BCUT2D eigenvalue weighted by atomic mass is 16.5. The molecule has 3 rings (SSSR count). The standard InChI is InChI=1S/C24H30O2/c1-17(2)22-14-9-18(3)15-23(22)26-24(25)16-19-10-12-21(13-11-19)20-7-5-4-6-8-20/h4-8,10-13,17-18,22-23H,9,14-16H2,1-3H3. The average molecular weight is 351 g/mol. The molecule has 2 nitrogen and oxygen atoms in total. The number of hydrogen-bond acceptors (Lipinski definition) is 2. The first-order chi connectivity index (χ1) is 12.5. The zero-order valence-electron chi connectivity index (χ0n) is 16.2. The zero-order valence-corrected chi connectivity index (χ0v) is 16.2. The minimum absolute atomic E-state index is 0.0786. The third-order valence-electron chi connectivity index (χ3n) is 5.65. The van der Waals surface area contributed by atoms with Crippen LogP contribution in [0.3, 0.4) is 0 Å². The van der Waals surface area contributed by atoms with Gasteiger partial charge in [0.05, 0.1) is 6.42 Å². The maximum absolute atomic E-state index is 12.5. The van der Waals surface area contributed by atoms with Crippen LogP contribution < -0.4 is 0 Å². The van der Waals surface area contributed by atoms with E-state index >= 15 is 0 Å². The first kappa shape index (κ1) is 18.7. The monoisotopic (exact) mass is 350 g/mol. The van der Waals surface area contributed by atoms with Gasteiger partial charge in [-0.25, -0.2) is 0 Å². The molecule has 1 aliphatic rings. The third-order valence-corrected chi connectivity index (χ3v) is 5.65. The minimum Gasteiger partial charge on any atom is -0.462 e. The molecule has 0 radical (unpaired) electrons. The zero-order chi connectivity index (χ0) is 18.5. The number of carbonyl (C=O) groups is 1. The van der Waals surface area contributed by atoms with Gasteiger partial charge in [0, 0.05) is 0 Å². The van der Waals surface area contributed by atoms with E-state index < -0.39 is 0 Å². The Bertz CT molecular complexity index is 703. The molecule has 0 aliphatic heterocycles. The summed E-state index contributed by atoms with van der Waals surface area (Å²) in [5.74, 6) is 1.61. The Hall–Kier alpha value is -2.09. The lowest BCUT2D eigenvalue weighted by Crippen LogP contribution is -2.36. The highest BCUT2D eigenvalue weighted by Gasteiger charge is 2.33. The second-order valence-electron chi connectivity index (χ2n) is 8.09. The van der Waals surface area contributed by atoms with Gasteiger partial charge in [-0.3, -0.25) is 4.79 Å². The van der Waals surface area contributed by atoms with Crippen molar-refractivity contribution in [3.05, 3.63) is 60.2 Å². The molecule has 0 aromatic heterocycles. The SMILES string of the molecule is CC1CCC(C(C)C)C(OC(=O)Cc2ccc(-c3ccccc3)cc2)C1. The predicted molar refractivity (Wildman–Crippen MR) is 107 cm³/mol. The summed E-state index contributed by atoms with van der Waals surface area (Å²) >= 11 is 0. The number of hydrogen-bond donors (Lipinski definition) is 0. The van der Waals surface area contributed by atoms with Crippen molar-refractivity contribution in [2.75, 3.05) is 0 Å². The van der Waals surface area contributed by atoms with Gasteiger partial charge < -0.3 is 4.74 Å². The van der Waals surface area contributed by atoms with Gasteiger partial charge in [-0.2, -0.15) is 0 Å². The first-order valence-corrected chi connectivity index (χ1v) is 9.86. The maximum Gasteiger partial charge on any atom is 0.310 e. The summed E-state index contributed by atoms with van der Waals surface area (Å²) in [4.78, 5) is 12.5. The van der Waals surface area contributed by atoms with Gasteiger partial charge in [-0.15, -0.1) is 0 Å².